The predicted molar refractivity (Wildman–Crippen MR) is 118 cm³/mol. The zero-order valence-corrected chi connectivity index (χ0v) is 17.6. The fraction of sp³-hybridized carbons (Fsp3) is 0.333. The third kappa shape index (κ3) is 6.54. The number of carbonyl (C=O) groups excluding carboxylic acids is 2. The van der Waals surface area contributed by atoms with Crippen LogP contribution in [0, 0.1) is 13.8 Å². The number of nitrogens with zero attached hydrogens (tertiary/aromatic N) is 1. The van der Waals surface area contributed by atoms with Gasteiger partial charge in [0.1, 0.15) is 5.70 Å². The predicted octanol–water partition coefficient (Wildman–Crippen LogP) is 2.52. The standard InChI is InChI=1S/C24H29N3O3/c1-18-3-7-20(8-4-18)17-22(26-23(28)21-9-5-19(2)6-10-21)24(29)25-11-12-27-13-15-30-16-14-27/h3-10,17H,11-16H2,1-2H3,(H,25,29)(H,26,28)/b22-17-. The number of amides is 2. The first kappa shape index (κ1) is 21.7. The van der Waals surface area contributed by atoms with Crippen molar-refractivity contribution < 1.29 is 14.3 Å². The van der Waals surface area contributed by atoms with Crippen LogP contribution in [0.15, 0.2) is 54.2 Å². The van der Waals surface area contributed by atoms with E-state index in [1.807, 2.05) is 50.2 Å². The quantitative estimate of drug-likeness (QED) is 0.692. The first-order valence-electron chi connectivity index (χ1n) is 10.3. The van der Waals surface area contributed by atoms with Crippen molar-refractivity contribution in [2.45, 2.75) is 13.8 Å². The number of rotatable bonds is 7. The Morgan fingerprint density at radius 2 is 1.57 bits per heavy atom. The van der Waals surface area contributed by atoms with Gasteiger partial charge in [0.2, 0.25) is 0 Å². The minimum atomic E-state index is -0.309. The van der Waals surface area contributed by atoms with Crippen LogP contribution in [0.4, 0.5) is 0 Å². The van der Waals surface area contributed by atoms with E-state index in [9.17, 15) is 9.59 Å². The summed E-state index contributed by atoms with van der Waals surface area (Å²) in [7, 11) is 0. The van der Waals surface area contributed by atoms with Gasteiger partial charge in [-0.1, -0.05) is 47.5 Å². The lowest BCUT2D eigenvalue weighted by Gasteiger charge is -2.26. The summed E-state index contributed by atoms with van der Waals surface area (Å²) in [5.74, 6) is -0.610. The van der Waals surface area contributed by atoms with Crippen LogP contribution >= 0.6 is 0 Å². The van der Waals surface area contributed by atoms with E-state index in [0.29, 0.717) is 12.1 Å². The molecule has 1 saturated heterocycles. The normalized spacial score (nSPS) is 14.9. The molecule has 0 spiro atoms. The Kier molecular flexibility index (Phi) is 7.76. The molecule has 158 valence electrons. The molecule has 0 atom stereocenters. The molecule has 6 nitrogen and oxygen atoms in total. The molecule has 2 aromatic carbocycles. The average Bonchev–Trinajstić information content (AvgIpc) is 2.76. The van der Waals surface area contributed by atoms with Crippen LogP contribution in [0.5, 0.6) is 0 Å². The highest BCUT2D eigenvalue weighted by atomic mass is 16.5. The minimum Gasteiger partial charge on any atom is -0.379 e. The number of hydrogen-bond acceptors (Lipinski definition) is 4. The topological polar surface area (TPSA) is 70.7 Å². The summed E-state index contributed by atoms with van der Waals surface area (Å²) in [6.45, 7) is 8.40. The lowest BCUT2D eigenvalue weighted by molar-refractivity contribution is -0.117. The molecule has 2 N–H and O–H groups in total. The van der Waals surface area contributed by atoms with Gasteiger partial charge in [0.15, 0.2) is 0 Å². The molecular weight excluding hydrogens is 378 g/mol. The molecule has 0 saturated carbocycles. The van der Waals surface area contributed by atoms with Crippen molar-refractivity contribution in [1.29, 1.82) is 0 Å². The Labute approximate surface area is 177 Å². The van der Waals surface area contributed by atoms with Crippen LogP contribution in [-0.2, 0) is 9.53 Å². The summed E-state index contributed by atoms with van der Waals surface area (Å²) in [5.41, 5.74) is 3.79. The summed E-state index contributed by atoms with van der Waals surface area (Å²) in [6.07, 6.45) is 1.70. The lowest BCUT2D eigenvalue weighted by atomic mass is 10.1. The second kappa shape index (κ2) is 10.7. The monoisotopic (exact) mass is 407 g/mol. The van der Waals surface area contributed by atoms with Crippen LogP contribution in [-0.4, -0.2) is 56.1 Å². The third-order valence-corrected chi connectivity index (χ3v) is 5.01. The van der Waals surface area contributed by atoms with Gasteiger partial charge < -0.3 is 15.4 Å². The maximum atomic E-state index is 12.8. The SMILES string of the molecule is Cc1ccc(/C=C(\NC(=O)c2ccc(C)cc2)C(=O)NCCN2CCOCC2)cc1. The van der Waals surface area contributed by atoms with Gasteiger partial charge in [-0.25, -0.2) is 0 Å². The highest BCUT2D eigenvalue weighted by Crippen LogP contribution is 2.10. The smallest absolute Gasteiger partial charge is 0.267 e. The third-order valence-electron chi connectivity index (χ3n) is 5.01. The maximum absolute atomic E-state index is 12.8. The Balaban J connectivity index is 1.69. The van der Waals surface area contributed by atoms with Crippen LogP contribution in [0.1, 0.15) is 27.0 Å². The van der Waals surface area contributed by atoms with E-state index in [2.05, 4.69) is 15.5 Å². The fourth-order valence-corrected chi connectivity index (χ4v) is 3.13. The van der Waals surface area contributed by atoms with Crippen molar-refractivity contribution in [3.8, 4) is 0 Å². The molecule has 1 fully saturated rings. The van der Waals surface area contributed by atoms with Crippen LogP contribution < -0.4 is 10.6 Å². The van der Waals surface area contributed by atoms with Crippen LogP contribution in [0.3, 0.4) is 0 Å². The van der Waals surface area contributed by atoms with Crippen molar-refractivity contribution in [3.05, 3.63) is 76.5 Å². The van der Waals surface area contributed by atoms with Gasteiger partial charge >= 0.3 is 0 Å². The van der Waals surface area contributed by atoms with Gasteiger partial charge in [0.05, 0.1) is 13.2 Å². The highest BCUT2D eigenvalue weighted by Gasteiger charge is 2.16. The number of nitrogens with one attached hydrogen (secondary N) is 2. The summed E-state index contributed by atoms with van der Waals surface area (Å²) in [5, 5.41) is 5.70. The van der Waals surface area contributed by atoms with E-state index < -0.39 is 0 Å². The maximum Gasteiger partial charge on any atom is 0.267 e. The number of ether oxygens (including phenoxy) is 1. The second-order valence-electron chi connectivity index (χ2n) is 7.50. The zero-order chi connectivity index (χ0) is 21.3. The molecule has 2 aromatic rings. The molecule has 1 aliphatic rings. The van der Waals surface area contributed by atoms with Crippen LogP contribution in [0.2, 0.25) is 0 Å². The van der Waals surface area contributed by atoms with Crippen LogP contribution in [0.25, 0.3) is 6.08 Å². The largest absolute Gasteiger partial charge is 0.379 e. The van der Waals surface area contributed by atoms with E-state index in [-0.39, 0.29) is 17.5 Å². The zero-order valence-electron chi connectivity index (χ0n) is 17.6. The first-order chi connectivity index (χ1) is 14.5. The number of carbonyl (C=O) groups is 2. The molecule has 0 aromatic heterocycles. The summed E-state index contributed by atoms with van der Waals surface area (Å²) >= 11 is 0. The van der Waals surface area contributed by atoms with Gasteiger partial charge in [-0.3, -0.25) is 14.5 Å². The molecular formula is C24H29N3O3. The average molecular weight is 408 g/mol. The number of aryl methyl sites for hydroxylation is 2. The van der Waals surface area contributed by atoms with Gasteiger partial charge in [0, 0.05) is 31.7 Å². The van der Waals surface area contributed by atoms with Crippen molar-refractivity contribution in [3.63, 3.8) is 0 Å². The summed E-state index contributed by atoms with van der Waals surface area (Å²) in [4.78, 5) is 27.8. The van der Waals surface area contributed by atoms with E-state index >= 15 is 0 Å². The number of benzene rings is 2. The van der Waals surface area contributed by atoms with Crippen molar-refractivity contribution in [1.82, 2.24) is 15.5 Å². The number of morpholine rings is 1. The Hall–Kier alpha value is -2.96. The lowest BCUT2D eigenvalue weighted by Crippen LogP contribution is -2.42. The van der Waals surface area contributed by atoms with Crippen molar-refractivity contribution >= 4 is 17.9 Å². The second-order valence-corrected chi connectivity index (χ2v) is 7.50. The van der Waals surface area contributed by atoms with Gasteiger partial charge in [-0.15, -0.1) is 0 Å². The molecule has 2 amide bonds. The van der Waals surface area contributed by atoms with Gasteiger partial charge in [-0.2, -0.15) is 0 Å². The molecule has 0 unspecified atom stereocenters. The van der Waals surface area contributed by atoms with Gasteiger partial charge in [-0.05, 0) is 37.6 Å². The summed E-state index contributed by atoms with van der Waals surface area (Å²) in [6, 6.07) is 15.1. The molecule has 30 heavy (non-hydrogen) atoms. The molecule has 1 aliphatic heterocycles. The molecule has 0 radical (unpaired) electrons. The highest BCUT2D eigenvalue weighted by molar-refractivity contribution is 6.05. The van der Waals surface area contributed by atoms with E-state index in [4.69, 9.17) is 4.74 Å². The van der Waals surface area contributed by atoms with E-state index in [1.54, 1.807) is 18.2 Å². The molecule has 0 bridgehead atoms. The Morgan fingerprint density at radius 1 is 0.967 bits per heavy atom. The van der Waals surface area contributed by atoms with E-state index in [1.165, 1.54) is 0 Å². The minimum absolute atomic E-state index is 0.228. The summed E-state index contributed by atoms with van der Waals surface area (Å²) < 4.78 is 5.35. The first-order valence-corrected chi connectivity index (χ1v) is 10.3. The molecule has 3 rings (SSSR count). The number of hydrogen-bond donors (Lipinski definition) is 2. The van der Waals surface area contributed by atoms with Crippen molar-refractivity contribution in [2.24, 2.45) is 0 Å². The molecule has 1 heterocycles. The molecule has 0 aliphatic carbocycles. The Bertz CT molecular complexity index is 883. The van der Waals surface area contributed by atoms with Gasteiger partial charge in [0.25, 0.3) is 11.8 Å². The Morgan fingerprint density at radius 3 is 2.20 bits per heavy atom. The molecule has 6 heteroatoms. The van der Waals surface area contributed by atoms with Crippen molar-refractivity contribution in [2.75, 3.05) is 39.4 Å². The fourth-order valence-electron chi connectivity index (χ4n) is 3.13. The van der Waals surface area contributed by atoms with E-state index in [0.717, 1.165) is 49.5 Å².